The number of nitrogens with zero attached hydrogens (tertiary/aromatic N) is 1. The number of carbonyl (C=O) groups is 2. The number of halogens is 2. The highest BCUT2D eigenvalue weighted by Gasteiger charge is 2.69. The molecule has 3 fully saturated rings. The van der Waals surface area contributed by atoms with Crippen LogP contribution in [-0.2, 0) is 9.59 Å². The number of allylic oxidation sites excluding steroid dienone is 2. The summed E-state index contributed by atoms with van der Waals surface area (Å²) in [6, 6.07) is 4.60. The zero-order valence-corrected chi connectivity index (χ0v) is 19.9. The average molecular weight is 504 g/mol. The Hall–Kier alpha value is -1.73. The molecule has 0 unspecified atom stereocenters. The zero-order chi connectivity index (χ0) is 22.3. The molecule has 1 spiro atoms. The molecule has 1 aromatic rings. The Kier molecular flexibility index (Phi) is 6.14. The van der Waals surface area contributed by atoms with Gasteiger partial charge in [0.25, 0.3) is 0 Å². The van der Waals surface area contributed by atoms with Gasteiger partial charge in [0.05, 0.1) is 17.5 Å². The van der Waals surface area contributed by atoms with E-state index in [-0.39, 0.29) is 40.7 Å². The second kappa shape index (κ2) is 8.90. The van der Waals surface area contributed by atoms with Crippen molar-refractivity contribution in [1.29, 1.82) is 0 Å². The fourth-order valence-corrected chi connectivity index (χ4v) is 6.65. The van der Waals surface area contributed by atoms with Crippen molar-refractivity contribution in [1.82, 2.24) is 10.2 Å². The quantitative estimate of drug-likeness (QED) is 0.409. The summed E-state index contributed by atoms with van der Waals surface area (Å²) in [5, 5.41) is 5.88. The molecule has 3 aliphatic carbocycles. The minimum atomic E-state index is -0.480. The molecule has 4 aliphatic rings. The van der Waals surface area contributed by atoms with Crippen molar-refractivity contribution in [2.45, 2.75) is 38.5 Å². The van der Waals surface area contributed by atoms with Crippen LogP contribution in [0.5, 0.6) is 0 Å². The van der Waals surface area contributed by atoms with Crippen molar-refractivity contribution in [2.24, 2.45) is 29.1 Å². The molecule has 7 heteroatoms. The summed E-state index contributed by atoms with van der Waals surface area (Å²) in [5.41, 5.74) is 0.230. The molecule has 1 saturated heterocycles. The van der Waals surface area contributed by atoms with Crippen LogP contribution in [0.15, 0.2) is 34.8 Å². The molecule has 4 atom stereocenters. The van der Waals surface area contributed by atoms with E-state index in [4.69, 9.17) is 0 Å². The van der Waals surface area contributed by atoms with Gasteiger partial charge in [0, 0.05) is 11.0 Å². The van der Waals surface area contributed by atoms with Crippen LogP contribution in [0.2, 0.25) is 0 Å². The molecule has 2 saturated carbocycles. The third-order valence-corrected chi connectivity index (χ3v) is 8.53. The van der Waals surface area contributed by atoms with Gasteiger partial charge in [-0.1, -0.05) is 28.1 Å². The minimum Gasteiger partial charge on any atom is -0.356 e. The number of rotatable bonds is 8. The monoisotopic (exact) mass is 503 g/mol. The Morgan fingerprint density at radius 1 is 1.06 bits per heavy atom. The Labute approximate surface area is 197 Å². The van der Waals surface area contributed by atoms with Crippen LogP contribution in [0.3, 0.4) is 0 Å². The number of likely N-dealkylation sites (tertiary alicyclic amines) is 1. The summed E-state index contributed by atoms with van der Waals surface area (Å²) >= 11 is 3.24. The highest BCUT2D eigenvalue weighted by molar-refractivity contribution is 9.10. The molecule has 172 valence electrons. The summed E-state index contributed by atoms with van der Waals surface area (Å²) in [6.45, 7) is 4.13. The summed E-state index contributed by atoms with van der Waals surface area (Å²) in [7, 11) is 0. The predicted molar refractivity (Wildman–Crippen MR) is 125 cm³/mol. The first-order valence-electron chi connectivity index (χ1n) is 11.9. The van der Waals surface area contributed by atoms with Crippen molar-refractivity contribution in [3.05, 3.63) is 40.6 Å². The lowest BCUT2D eigenvalue weighted by Crippen LogP contribution is -2.42. The van der Waals surface area contributed by atoms with Crippen molar-refractivity contribution in [2.75, 3.05) is 31.5 Å². The van der Waals surface area contributed by atoms with Gasteiger partial charge in [-0.3, -0.25) is 9.59 Å². The molecule has 32 heavy (non-hydrogen) atoms. The van der Waals surface area contributed by atoms with Gasteiger partial charge < -0.3 is 15.5 Å². The number of anilines is 1. The molecule has 0 radical (unpaired) electrons. The molecular weight excluding hydrogens is 473 g/mol. The smallest absolute Gasteiger partial charge is 0.229 e. The van der Waals surface area contributed by atoms with E-state index in [1.54, 1.807) is 12.1 Å². The van der Waals surface area contributed by atoms with Crippen LogP contribution in [0.1, 0.15) is 38.5 Å². The molecule has 5 nitrogen and oxygen atoms in total. The van der Waals surface area contributed by atoms with E-state index in [0.29, 0.717) is 11.0 Å². The third-order valence-electron chi connectivity index (χ3n) is 8.04. The maximum absolute atomic E-state index is 14.3. The Morgan fingerprint density at radius 2 is 1.75 bits per heavy atom. The molecule has 1 heterocycles. The maximum atomic E-state index is 14.3. The van der Waals surface area contributed by atoms with E-state index >= 15 is 0 Å². The first-order chi connectivity index (χ1) is 15.5. The van der Waals surface area contributed by atoms with Gasteiger partial charge in [-0.05, 0) is 93.6 Å². The predicted octanol–water partition coefficient (Wildman–Crippen LogP) is 4.35. The van der Waals surface area contributed by atoms with Gasteiger partial charge in [0.15, 0.2) is 0 Å². The molecule has 2 N–H and O–H groups in total. The zero-order valence-electron chi connectivity index (χ0n) is 18.3. The summed E-state index contributed by atoms with van der Waals surface area (Å²) in [6.07, 6.45) is 11.0. The number of unbranched alkanes of at least 4 members (excludes halogenated alkanes) is 1. The number of benzene rings is 1. The van der Waals surface area contributed by atoms with Crippen molar-refractivity contribution in [3.8, 4) is 0 Å². The second-order valence-corrected chi connectivity index (χ2v) is 10.8. The lowest BCUT2D eigenvalue weighted by molar-refractivity contribution is -0.132. The van der Waals surface area contributed by atoms with Crippen molar-refractivity contribution in [3.63, 3.8) is 0 Å². The van der Waals surface area contributed by atoms with E-state index in [0.717, 1.165) is 32.2 Å². The molecule has 5 rings (SSSR count). The van der Waals surface area contributed by atoms with Crippen LogP contribution in [-0.4, -0.2) is 42.9 Å². The fraction of sp³-hybridized carbons (Fsp3) is 0.600. The highest BCUT2D eigenvalue weighted by atomic mass is 79.9. The van der Waals surface area contributed by atoms with E-state index in [2.05, 4.69) is 43.6 Å². The molecule has 2 amide bonds. The molecule has 1 aromatic carbocycles. The minimum absolute atomic E-state index is 0.0225. The SMILES string of the molecule is O=C(NCCCCN1CCCC1)[C@H]1[C@H](C(=O)Nc2ccc(Br)cc2F)[C@@H]2C=C[C@H]1C21CC1. The van der Waals surface area contributed by atoms with Crippen LogP contribution in [0.4, 0.5) is 10.1 Å². The summed E-state index contributed by atoms with van der Waals surface area (Å²) in [5.74, 6) is -1.38. The lowest BCUT2D eigenvalue weighted by Gasteiger charge is -2.26. The van der Waals surface area contributed by atoms with Crippen molar-refractivity contribution < 1.29 is 14.0 Å². The van der Waals surface area contributed by atoms with Gasteiger partial charge in [-0.15, -0.1) is 0 Å². The van der Waals surface area contributed by atoms with E-state index < -0.39 is 11.7 Å². The summed E-state index contributed by atoms with van der Waals surface area (Å²) in [4.78, 5) is 29.0. The fourth-order valence-electron chi connectivity index (χ4n) is 6.31. The van der Waals surface area contributed by atoms with Crippen molar-refractivity contribution >= 4 is 33.4 Å². The summed E-state index contributed by atoms with van der Waals surface area (Å²) < 4.78 is 14.9. The van der Waals surface area contributed by atoms with Crippen LogP contribution in [0, 0.1) is 34.9 Å². The highest BCUT2D eigenvalue weighted by Crippen LogP contribution is 2.72. The lowest BCUT2D eigenvalue weighted by atomic mass is 9.81. The molecular formula is C25H31BrFN3O2. The number of amides is 2. The number of hydrogen-bond acceptors (Lipinski definition) is 3. The topological polar surface area (TPSA) is 61.4 Å². The Bertz CT molecular complexity index is 926. The Morgan fingerprint density at radius 3 is 2.41 bits per heavy atom. The van der Waals surface area contributed by atoms with Crippen LogP contribution >= 0.6 is 15.9 Å². The first-order valence-corrected chi connectivity index (χ1v) is 12.7. The van der Waals surface area contributed by atoms with Crippen LogP contribution in [0.25, 0.3) is 0 Å². The van der Waals surface area contributed by atoms with Gasteiger partial charge >= 0.3 is 0 Å². The number of hydrogen-bond donors (Lipinski definition) is 2. The van der Waals surface area contributed by atoms with Gasteiger partial charge in [0.1, 0.15) is 5.82 Å². The second-order valence-electron chi connectivity index (χ2n) is 9.88. The maximum Gasteiger partial charge on any atom is 0.229 e. The normalized spacial score (nSPS) is 29.6. The number of nitrogens with one attached hydrogen (secondary N) is 2. The van der Waals surface area contributed by atoms with E-state index in [9.17, 15) is 14.0 Å². The third kappa shape index (κ3) is 4.03. The van der Waals surface area contributed by atoms with Gasteiger partial charge in [-0.25, -0.2) is 4.39 Å². The average Bonchev–Trinajstić information content (AvgIpc) is 3.13. The molecule has 0 aromatic heterocycles. The first kappa shape index (κ1) is 22.1. The van der Waals surface area contributed by atoms with E-state index in [1.807, 2.05) is 0 Å². The largest absolute Gasteiger partial charge is 0.356 e. The number of carbonyl (C=O) groups excluding carboxylic acids is 2. The van der Waals surface area contributed by atoms with Crippen LogP contribution < -0.4 is 10.6 Å². The molecule has 1 aliphatic heterocycles. The van der Waals surface area contributed by atoms with Gasteiger partial charge in [-0.2, -0.15) is 0 Å². The van der Waals surface area contributed by atoms with Gasteiger partial charge in [0.2, 0.25) is 11.8 Å². The molecule has 2 bridgehead atoms. The standard InChI is InChI=1S/C25H31BrFN3O2/c26-16-5-8-20(19(27)15-16)29-24(32)22-18-7-6-17(25(18)9-10-25)21(22)23(31)28-11-1-2-12-30-13-3-4-14-30/h5-8,15,17-18,21-22H,1-4,9-14H2,(H,28,31)(H,29,32)/t17-,18+,21-,22-/m1/s1. The van der Waals surface area contributed by atoms with E-state index in [1.165, 1.54) is 32.0 Å². The Balaban J connectivity index is 1.22.